The first-order valence-electron chi connectivity index (χ1n) is 8.18. The van der Waals surface area contributed by atoms with Crippen molar-refractivity contribution in [1.29, 1.82) is 0 Å². The maximum atomic E-state index is 12.8. The first-order chi connectivity index (χ1) is 12.4. The average Bonchev–Trinajstić information content (AvgIpc) is 3.27. The summed E-state index contributed by atoms with van der Waals surface area (Å²) in [5.74, 6) is -0.191. The number of rotatable bonds is 7. The fourth-order valence-electron chi connectivity index (χ4n) is 2.59. The van der Waals surface area contributed by atoms with Crippen LogP contribution in [0.4, 0.5) is 11.5 Å². The van der Waals surface area contributed by atoms with Crippen molar-refractivity contribution in [3.8, 4) is 0 Å². The summed E-state index contributed by atoms with van der Waals surface area (Å²) in [6.07, 6.45) is 3.33. The van der Waals surface area contributed by atoms with Crippen molar-refractivity contribution in [1.82, 2.24) is 10.1 Å². The molecule has 9 heteroatoms. The highest BCUT2D eigenvalue weighted by Crippen LogP contribution is 2.30. The van der Waals surface area contributed by atoms with Crippen LogP contribution < -0.4 is 5.32 Å². The molecule has 1 heterocycles. The van der Waals surface area contributed by atoms with Gasteiger partial charge in [-0.3, -0.25) is 19.7 Å². The standard InChI is InChI=1S/C17H18N4O5/c1-11-2-5-13(8-14(11)21(24)25)17(23)20(9-12-3-4-12)10-16(22)18-15-6-7-26-19-15/h2,5-8,12H,3-4,9-10H2,1H3,(H,18,19,22). The first-order valence-corrected chi connectivity index (χ1v) is 8.18. The third kappa shape index (κ3) is 4.24. The molecule has 3 rings (SSSR count). The van der Waals surface area contributed by atoms with Gasteiger partial charge in [0.15, 0.2) is 5.82 Å². The van der Waals surface area contributed by atoms with Crippen LogP contribution in [0, 0.1) is 23.0 Å². The lowest BCUT2D eigenvalue weighted by Crippen LogP contribution is -2.39. The fourth-order valence-corrected chi connectivity index (χ4v) is 2.59. The number of aromatic nitrogens is 1. The van der Waals surface area contributed by atoms with Gasteiger partial charge in [-0.05, 0) is 31.7 Å². The highest BCUT2D eigenvalue weighted by atomic mass is 16.6. The van der Waals surface area contributed by atoms with Gasteiger partial charge in [0.2, 0.25) is 5.91 Å². The maximum absolute atomic E-state index is 12.8. The molecule has 1 saturated carbocycles. The zero-order valence-corrected chi connectivity index (χ0v) is 14.2. The Labute approximate surface area is 149 Å². The van der Waals surface area contributed by atoms with Crippen LogP contribution in [0.15, 0.2) is 35.1 Å². The van der Waals surface area contributed by atoms with E-state index in [1.165, 1.54) is 29.4 Å². The molecule has 136 valence electrons. The number of nitro groups is 1. The monoisotopic (exact) mass is 358 g/mol. The van der Waals surface area contributed by atoms with Crippen molar-refractivity contribution in [3.05, 3.63) is 51.8 Å². The Morgan fingerprint density at radius 3 is 2.77 bits per heavy atom. The number of amides is 2. The third-order valence-electron chi connectivity index (χ3n) is 4.16. The second-order valence-electron chi connectivity index (χ2n) is 6.32. The lowest BCUT2D eigenvalue weighted by molar-refractivity contribution is -0.385. The van der Waals surface area contributed by atoms with Crippen LogP contribution in [0.2, 0.25) is 0 Å². The first kappa shape index (κ1) is 17.6. The minimum atomic E-state index is -0.519. The molecule has 0 radical (unpaired) electrons. The van der Waals surface area contributed by atoms with Gasteiger partial charge in [-0.2, -0.15) is 0 Å². The molecule has 9 nitrogen and oxygen atoms in total. The zero-order chi connectivity index (χ0) is 18.7. The Morgan fingerprint density at radius 2 is 2.15 bits per heavy atom. The summed E-state index contributed by atoms with van der Waals surface area (Å²) in [6, 6.07) is 5.83. The Morgan fingerprint density at radius 1 is 1.38 bits per heavy atom. The van der Waals surface area contributed by atoms with Gasteiger partial charge in [0.05, 0.1) is 4.92 Å². The molecule has 0 atom stereocenters. The zero-order valence-electron chi connectivity index (χ0n) is 14.2. The molecule has 1 aliphatic rings. The smallest absolute Gasteiger partial charge is 0.273 e. The number of nitro benzene ring substituents is 1. The number of aryl methyl sites for hydroxylation is 1. The largest absolute Gasteiger partial charge is 0.363 e. The van der Waals surface area contributed by atoms with Crippen molar-refractivity contribution in [2.45, 2.75) is 19.8 Å². The molecule has 1 fully saturated rings. The van der Waals surface area contributed by atoms with Gasteiger partial charge in [-0.1, -0.05) is 11.2 Å². The summed E-state index contributed by atoms with van der Waals surface area (Å²) in [7, 11) is 0. The summed E-state index contributed by atoms with van der Waals surface area (Å²) >= 11 is 0. The SMILES string of the molecule is Cc1ccc(C(=O)N(CC(=O)Nc2ccon2)CC2CC2)cc1[N+](=O)[O-]. The molecule has 0 bridgehead atoms. The van der Waals surface area contributed by atoms with Gasteiger partial charge in [0.1, 0.15) is 12.8 Å². The number of anilines is 1. The Kier molecular flexibility index (Phi) is 4.97. The lowest BCUT2D eigenvalue weighted by atomic mass is 10.1. The second kappa shape index (κ2) is 7.34. The van der Waals surface area contributed by atoms with E-state index in [9.17, 15) is 19.7 Å². The molecule has 1 N–H and O–H groups in total. The predicted molar refractivity (Wildman–Crippen MR) is 91.6 cm³/mol. The number of nitrogens with zero attached hydrogens (tertiary/aromatic N) is 3. The van der Waals surface area contributed by atoms with E-state index in [0.717, 1.165) is 12.8 Å². The van der Waals surface area contributed by atoms with Gasteiger partial charge in [0.25, 0.3) is 11.6 Å². The molecule has 0 saturated heterocycles. The van der Waals surface area contributed by atoms with Crippen LogP contribution in [-0.4, -0.2) is 39.9 Å². The highest BCUT2D eigenvalue weighted by molar-refractivity contribution is 5.99. The topological polar surface area (TPSA) is 119 Å². The minimum absolute atomic E-state index is 0.116. The van der Waals surface area contributed by atoms with E-state index in [4.69, 9.17) is 0 Å². The van der Waals surface area contributed by atoms with Crippen LogP contribution in [0.1, 0.15) is 28.8 Å². The van der Waals surface area contributed by atoms with Gasteiger partial charge in [-0.25, -0.2) is 0 Å². The van der Waals surface area contributed by atoms with Crippen molar-refractivity contribution in [2.24, 2.45) is 5.92 Å². The number of carbonyl (C=O) groups excluding carboxylic acids is 2. The second-order valence-corrected chi connectivity index (χ2v) is 6.32. The van der Waals surface area contributed by atoms with E-state index in [1.807, 2.05) is 0 Å². The van der Waals surface area contributed by atoms with Crippen LogP contribution in [0.5, 0.6) is 0 Å². The van der Waals surface area contributed by atoms with Gasteiger partial charge < -0.3 is 14.7 Å². The summed E-state index contributed by atoms with van der Waals surface area (Å²) in [4.78, 5) is 37.0. The Balaban J connectivity index is 1.76. The molecular formula is C17H18N4O5. The molecule has 26 heavy (non-hydrogen) atoms. The van der Waals surface area contributed by atoms with E-state index in [2.05, 4.69) is 15.0 Å². The number of benzene rings is 1. The number of hydrogen-bond donors (Lipinski definition) is 1. The summed E-state index contributed by atoms with van der Waals surface area (Å²) in [6.45, 7) is 1.89. The van der Waals surface area contributed by atoms with Crippen LogP contribution in [0.25, 0.3) is 0 Å². The van der Waals surface area contributed by atoms with Crippen molar-refractivity contribution >= 4 is 23.3 Å². The highest BCUT2D eigenvalue weighted by Gasteiger charge is 2.29. The van der Waals surface area contributed by atoms with E-state index >= 15 is 0 Å². The van der Waals surface area contributed by atoms with E-state index < -0.39 is 16.7 Å². The number of nitrogens with one attached hydrogen (secondary N) is 1. The van der Waals surface area contributed by atoms with E-state index in [1.54, 1.807) is 13.0 Å². The minimum Gasteiger partial charge on any atom is -0.363 e. The van der Waals surface area contributed by atoms with E-state index in [0.29, 0.717) is 18.0 Å². The summed E-state index contributed by atoms with van der Waals surface area (Å²) in [5, 5.41) is 17.3. The lowest BCUT2D eigenvalue weighted by Gasteiger charge is -2.22. The molecule has 2 aromatic rings. The number of hydrogen-bond acceptors (Lipinski definition) is 6. The van der Waals surface area contributed by atoms with Crippen molar-refractivity contribution < 1.29 is 19.0 Å². The Hall–Kier alpha value is -3.23. The van der Waals surface area contributed by atoms with E-state index in [-0.39, 0.29) is 23.6 Å². The fraction of sp³-hybridized carbons (Fsp3) is 0.353. The number of carbonyl (C=O) groups is 2. The Bertz CT molecular complexity index is 830. The average molecular weight is 358 g/mol. The van der Waals surface area contributed by atoms with Crippen LogP contribution in [0.3, 0.4) is 0 Å². The van der Waals surface area contributed by atoms with Crippen LogP contribution >= 0.6 is 0 Å². The molecular weight excluding hydrogens is 340 g/mol. The van der Waals surface area contributed by atoms with Crippen molar-refractivity contribution in [2.75, 3.05) is 18.4 Å². The quantitative estimate of drug-likeness (QED) is 0.599. The molecule has 2 amide bonds. The summed E-state index contributed by atoms with van der Waals surface area (Å²) in [5.41, 5.74) is 0.551. The van der Waals surface area contributed by atoms with Crippen molar-refractivity contribution in [3.63, 3.8) is 0 Å². The summed E-state index contributed by atoms with van der Waals surface area (Å²) < 4.78 is 4.65. The molecule has 0 aliphatic heterocycles. The van der Waals surface area contributed by atoms with Gasteiger partial charge in [-0.15, -0.1) is 0 Å². The molecule has 1 aromatic carbocycles. The molecule has 0 spiro atoms. The van der Waals surface area contributed by atoms with Gasteiger partial charge >= 0.3 is 0 Å². The molecule has 1 aliphatic carbocycles. The third-order valence-corrected chi connectivity index (χ3v) is 4.16. The normalized spacial score (nSPS) is 13.3. The van der Waals surface area contributed by atoms with Crippen LogP contribution in [-0.2, 0) is 4.79 Å². The van der Waals surface area contributed by atoms with Gasteiger partial charge in [0, 0.05) is 29.8 Å². The maximum Gasteiger partial charge on any atom is 0.273 e. The molecule has 1 aromatic heterocycles. The predicted octanol–water partition coefficient (Wildman–Crippen LogP) is 2.38. The molecule has 0 unspecified atom stereocenters.